The number of methoxy groups -OCH3 is 1. The zero-order chi connectivity index (χ0) is 18.9. The van der Waals surface area contributed by atoms with Crippen LogP contribution >= 0.6 is 0 Å². The van der Waals surface area contributed by atoms with E-state index in [0.29, 0.717) is 30.8 Å². The highest BCUT2D eigenvalue weighted by atomic mass is 19.1. The molecule has 0 spiro atoms. The third kappa shape index (κ3) is 5.88. The summed E-state index contributed by atoms with van der Waals surface area (Å²) in [6, 6.07) is 13.5. The molecule has 0 aliphatic rings. The lowest BCUT2D eigenvalue weighted by Crippen LogP contribution is -2.33. The summed E-state index contributed by atoms with van der Waals surface area (Å²) in [7, 11) is 1.47. The first-order chi connectivity index (χ1) is 12.5. The number of carboxylic acid groups (broad SMARTS) is 1. The van der Waals surface area contributed by atoms with Gasteiger partial charge in [0.05, 0.1) is 13.5 Å². The molecule has 0 fully saturated rings. The van der Waals surface area contributed by atoms with Crippen molar-refractivity contribution in [3.63, 3.8) is 0 Å². The lowest BCUT2D eigenvalue weighted by Gasteiger charge is -2.23. The van der Waals surface area contributed by atoms with E-state index in [9.17, 15) is 14.0 Å². The molecule has 138 valence electrons. The van der Waals surface area contributed by atoms with Crippen LogP contribution < -0.4 is 4.74 Å². The highest BCUT2D eigenvalue weighted by Gasteiger charge is 2.17. The molecule has 0 saturated heterocycles. The Balaban J connectivity index is 2.13. The Hall–Kier alpha value is -2.89. The van der Waals surface area contributed by atoms with Crippen molar-refractivity contribution in [2.24, 2.45) is 0 Å². The average Bonchev–Trinajstić information content (AvgIpc) is 2.61. The molecule has 2 aromatic rings. The van der Waals surface area contributed by atoms with Gasteiger partial charge >= 0.3 is 5.97 Å². The number of nitrogens with zero attached hydrogens (tertiary/aromatic N) is 1. The molecule has 0 unspecified atom stereocenters. The third-order valence-electron chi connectivity index (χ3n) is 3.97. The predicted octanol–water partition coefficient (Wildman–Crippen LogP) is 3.27. The number of carboxylic acids is 1. The van der Waals surface area contributed by atoms with Gasteiger partial charge in [0.15, 0.2) is 0 Å². The summed E-state index contributed by atoms with van der Waals surface area (Å²) in [6.45, 7) is 0.689. The van der Waals surface area contributed by atoms with Crippen LogP contribution in [0.2, 0.25) is 0 Å². The number of hydrogen-bond donors (Lipinski definition) is 1. The molecule has 0 heterocycles. The molecule has 2 rings (SSSR count). The van der Waals surface area contributed by atoms with E-state index in [1.165, 1.54) is 25.3 Å². The van der Waals surface area contributed by atoms with E-state index in [1.54, 1.807) is 4.90 Å². The Morgan fingerprint density at radius 3 is 2.54 bits per heavy atom. The molecular formula is C20H22FNO4. The minimum absolute atomic E-state index is 0.0120. The van der Waals surface area contributed by atoms with E-state index in [4.69, 9.17) is 9.84 Å². The summed E-state index contributed by atoms with van der Waals surface area (Å²) < 4.78 is 18.7. The van der Waals surface area contributed by atoms with Gasteiger partial charge in [-0.15, -0.1) is 0 Å². The van der Waals surface area contributed by atoms with Crippen molar-refractivity contribution in [2.45, 2.75) is 25.8 Å². The number of aliphatic carboxylic acids is 1. The first-order valence-corrected chi connectivity index (χ1v) is 8.35. The van der Waals surface area contributed by atoms with Crippen molar-refractivity contribution in [2.75, 3.05) is 13.7 Å². The molecule has 0 aliphatic carbocycles. The van der Waals surface area contributed by atoms with E-state index >= 15 is 0 Å². The molecule has 0 atom stereocenters. The Morgan fingerprint density at radius 1 is 1.15 bits per heavy atom. The van der Waals surface area contributed by atoms with Crippen LogP contribution in [-0.2, 0) is 22.6 Å². The van der Waals surface area contributed by atoms with E-state index in [0.717, 1.165) is 5.56 Å². The van der Waals surface area contributed by atoms with E-state index in [1.807, 2.05) is 30.3 Å². The third-order valence-corrected chi connectivity index (χ3v) is 3.97. The molecule has 5 nitrogen and oxygen atoms in total. The lowest BCUT2D eigenvalue weighted by atomic mass is 10.1. The fourth-order valence-electron chi connectivity index (χ4n) is 2.68. The molecule has 0 aromatic heterocycles. The molecule has 0 bridgehead atoms. The topological polar surface area (TPSA) is 66.8 Å². The Kier molecular flexibility index (Phi) is 7.14. The number of carbonyl (C=O) groups is 2. The second-order valence-electron chi connectivity index (χ2n) is 5.93. The molecular weight excluding hydrogens is 337 g/mol. The van der Waals surface area contributed by atoms with Crippen molar-refractivity contribution >= 4 is 11.9 Å². The molecule has 26 heavy (non-hydrogen) atoms. The number of carbonyl (C=O) groups excluding carboxylic acids is 1. The van der Waals surface area contributed by atoms with Crippen LogP contribution in [-0.4, -0.2) is 35.5 Å². The summed E-state index contributed by atoms with van der Waals surface area (Å²) in [6.07, 6.45) is 0.330. The standard InChI is InChI=1S/C20H22FNO4/c1-26-18-10-9-17(21)12-16(18)13-19(23)22(11-5-8-20(24)25)14-15-6-3-2-4-7-15/h2-4,6-7,9-10,12H,5,8,11,13-14H2,1H3,(H,24,25). The Bertz CT molecular complexity index is 749. The fourth-order valence-corrected chi connectivity index (χ4v) is 2.68. The first kappa shape index (κ1) is 19.4. The predicted molar refractivity (Wildman–Crippen MR) is 95.4 cm³/mol. The van der Waals surface area contributed by atoms with Crippen molar-refractivity contribution in [1.82, 2.24) is 4.90 Å². The second-order valence-corrected chi connectivity index (χ2v) is 5.93. The number of halogens is 1. The minimum Gasteiger partial charge on any atom is -0.496 e. The van der Waals surface area contributed by atoms with Crippen LogP contribution in [0.5, 0.6) is 5.75 Å². The van der Waals surface area contributed by atoms with Crippen LogP contribution in [0.15, 0.2) is 48.5 Å². The van der Waals surface area contributed by atoms with Crippen LogP contribution in [0.3, 0.4) is 0 Å². The van der Waals surface area contributed by atoms with Gasteiger partial charge in [-0.1, -0.05) is 30.3 Å². The molecule has 0 radical (unpaired) electrons. The first-order valence-electron chi connectivity index (χ1n) is 8.35. The Morgan fingerprint density at radius 2 is 1.88 bits per heavy atom. The number of benzene rings is 2. The second kappa shape index (κ2) is 9.56. The van der Waals surface area contributed by atoms with Gasteiger partial charge < -0.3 is 14.7 Å². The van der Waals surface area contributed by atoms with Gasteiger partial charge in [0.1, 0.15) is 11.6 Å². The van der Waals surface area contributed by atoms with Gasteiger partial charge in [-0.3, -0.25) is 9.59 Å². The summed E-state index contributed by atoms with van der Waals surface area (Å²) >= 11 is 0. The number of amides is 1. The lowest BCUT2D eigenvalue weighted by molar-refractivity contribution is -0.138. The van der Waals surface area contributed by atoms with E-state index < -0.39 is 11.8 Å². The Labute approximate surface area is 152 Å². The fraction of sp³-hybridized carbons (Fsp3) is 0.300. The van der Waals surface area contributed by atoms with Gasteiger partial charge in [-0.25, -0.2) is 4.39 Å². The van der Waals surface area contributed by atoms with Gasteiger partial charge in [-0.2, -0.15) is 0 Å². The molecule has 6 heteroatoms. The van der Waals surface area contributed by atoms with E-state index in [2.05, 4.69) is 0 Å². The van der Waals surface area contributed by atoms with Crippen molar-refractivity contribution < 1.29 is 23.8 Å². The quantitative estimate of drug-likeness (QED) is 0.746. The molecule has 0 saturated carbocycles. The minimum atomic E-state index is -0.899. The number of hydrogen-bond acceptors (Lipinski definition) is 3. The molecule has 1 amide bonds. The number of ether oxygens (including phenoxy) is 1. The molecule has 1 N–H and O–H groups in total. The normalized spacial score (nSPS) is 10.4. The van der Waals surface area contributed by atoms with Gasteiger partial charge in [0.2, 0.25) is 5.91 Å². The van der Waals surface area contributed by atoms with Crippen LogP contribution in [0.25, 0.3) is 0 Å². The smallest absolute Gasteiger partial charge is 0.303 e. The highest BCUT2D eigenvalue weighted by molar-refractivity contribution is 5.79. The molecule has 2 aromatic carbocycles. The maximum absolute atomic E-state index is 13.5. The van der Waals surface area contributed by atoms with Crippen LogP contribution in [0.1, 0.15) is 24.0 Å². The summed E-state index contributed by atoms with van der Waals surface area (Å²) in [5.41, 5.74) is 1.41. The maximum atomic E-state index is 13.5. The largest absolute Gasteiger partial charge is 0.496 e. The zero-order valence-corrected chi connectivity index (χ0v) is 14.7. The highest BCUT2D eigenvalue weighted by Crippen LogP contribution is 2.21. The summed E-state index contributed by atoms with van der Waals surface area (Å²) in [5.74, 6) is -1.09. The SMILES string of the molecule is COc1ccc(F)cc1CC(=O)N(CCCC(=O)O)Cc1ccccc1. The zero-order valence-electron chi connectivity index (χ0n) is 14.7. The molecule has 0 aliphatic heterocycles. The monoisotopic (exact) mass is 359 g/mol. The average molecular weight is 359 g/mol. The van der Waals surface area contributed by atoms with Crippen molar-refractivity contribution in [3.8, 4) is 5.75 Å². The maximum Gasteiger partial charge on any atom is 0.303 e. The van der Waals surface area contributed by atoms with Crippen LogP contribution in [0.4, 0.5) is 4.39 Å². The van der Waals surface area contributed by atoms with Gasteiger partial charge in [0, 0.05) is 25.1 Å². The van der Waals surface area contributed by atoms with Crippen LogP contribution in [0, 0.1) is 5.82 Å². The van der Waals surface area contributed by atoms with Gasteiger partial charge in [0.25, 0.3) is 0 Å². The van der Waals surface area contributed by atoms with E-state index in [-0.39, 0.29) is 18.7 Å². The number of rotatable bonds is 9. The van der Waals surface area contributed by atoms with Crippen molar-refractivity contribution in [1.29, 1.82) is 0 Å². The summed E-state index contributed by atoms with van der Waals surface area (Å²) in [5, 5.41) is 8.83. The van der Waals surface area contributed by atoms with Crippen molar-refractivity contribution in [3.05, 3.63) is 65.5 Å². The van der Waals surface area contributed by atoms with Gasteiger partial charge in [-0.05, 0) is 30.2 Å². The summed E-state index contributed by atoms with van der Waals surface area (Å²) in [4.78, 5) is 25.1.